The molecular weight excluding hydrogens is 360 g/mol. The molecule has 1 atom stereocenters. The monoisotopic (exact) mass is 376 g/mol. The normalized spacial score (nSPS) is 14.0. The van der Waals surface area contributed by atoms with Crippen molar-refractivity contribution in [3.05, 3.63) is 15.9 Å². The molecule has 0 amide bonds. The van der Waals surface area contributed by atoms with Gasteiger partial charge in [-0.1, -0.05) is 0 Å². The maximum Gasteiger partial charge on any atom is 0.330 e. The first-order valence-electron chi connectivity index (χ1n) is 6.32. The van der Waals surface area contributed by atoms with Crippen LogP contribution in [0.1, 0.15) is 18.3 Å². The van der Waals surface area contributed by atoms with Gasteiger partial charge in [0.15, 0.2) is 0 Å². The highest BCUT2D eigenvalue weighted by Gasteiger charge is 2.41. The molecule has 0 spiro atoms. The maximum absolute atomic E-state index is 12.6. The molecule has 1 rings (SSSR count). The summed E-state index contributed by atoms with van der Waals surface area (Å²) in [6.07, 6.45) is -4.75. The molecule has 0 aliphatic carbocycles. The molecule has 9 heteroatoms. The van der Waals surface area contributed by atoms with E-state index in [1.54, 1.807) is 11.6 Å². The van der Waals surface area contributed by atoms with Crippen LogP contribution in [0.15, 0.2) is 4.47 Å². The average molecular weight is 377 g/mol. The topological polar surface area (TPSA) is 47.3 Å². The van der Waals surface area contributed by atoms with Gasteiger partial charge in [0.1, 0.15) is 6.61 Å². The second kappa shape index (κ2) is 7.55. The Morgan fingerprint density at radius 3 is 2.57 bits per heavy atom. The summed E-state index contributed by atoms with van der Waals surface area (Å²) >= 11 is 3.33. The molecule has 122 valence electrons. The molecular formula is C12H17BrF4N2O2. The van der Waals surface area contributed by atoms with E-state index in [2.05, 4.69) is 25.8 Å². The first kappa shape index (κ1) is 18.4. The molecule has 1 N–H and O–H groups in total. The Bertz CT molecular complexity index is 468. The van der Waals surface area contributed by atoms with Crippen LogP contribution in [0.2, 0.25) is 0 Å². The van der Waals surface area contributed by atoms with Crippen LogP contribution in [0.25, 0.3) is 0 Å². The molecule has 1 heterocycles. The Labute approximate surface area is 128 Å². The van der Waals surface area contributed by atoms with Crippen molar-refractivity contribution in [1.29, 1.82) is 0 Å². The Kier molecular flexibility index (Phi) is 6.61. The van der Waals surface area contributed by atoms with Crippen LogP contribution in [0, 0.1) is 6.92 Å². The summed E-state index contributed by atoms with van der Waals surface area (Å²) in [5, 5.41) is 14.0. The van der Waals surface area contributed by atoms with Gasteiger partial charge in [0.25, 0.3) is 0 Å². The number of halogens is 5. The molecule has 0 aromatic carbocycles. The minimum Gasteiger partial charge on any atom is -0.390 e. The van der Waals surface area contributed by atoms with E-state index in [0.717, 1.165) is 10.2 Å². The molecule has 0 saturated heterocycles. The second-order valence-corrected chi connectivity index (χ2v) is 5.39. The first-order chi connectivity index (χ1) is 9.69. The molecule has 0 saturated carbocycles. The van der Waals surface area contributed by atoms with Crippen LogP contribution in [0.4, 0.5) is 17.6 Å². The molecule has 1 aromatic rings. The van der Waals surface area contributed by atoms with E-state index in [-0.39, 0.29) is 6.42 Å². The van der Waals surface area contributed by atoms with Crippen LogP contribution in [0.5, 0.6) is 0 Å². The van der Waals surface area contributed by atoms with Gasteiger partial charge in [-0.05, 0) is 29.8 Å². The third-order valence-electron chi connectivity index (χ3n) is 2.81. The van der Waals surface area contributed by atoms with Crippen LogP contribution in [-0.4, -0.2) is 46.6 Å². The molecule has 0 aliphatic heterocycles. The Balaban J connectivity index is 2.53. The highest BCUT2D eigenvalue weighted by molar-refractivity contribution is 9.10. The fourth-order valence-corrected chi connectivity index (χ4v) is 2.19. The van der Waals surface area contributed by atoms with Crippen molar-refractivity contribution in [1.82, 2.24) is 9.78 Å². The zero-order chi connectivity index (χ0) is 16.2. The number of aryl methyl sites for hydroxylation is 2. The summed E-state index contributed by atoms with van der Waals surface area (Å²) in [6.45, 7) is 2.36. The molecule has 1 aromatic heterocycles. The summed E-state index contributed by atoms with van der Waals surface area (Å²) in [7, 11) is 0. The fourth-order valence-electron chi connectivity index (χ4n) is 1.74. The lowest BCUT2D eigenvalue weighted by Crippen LogP contribution is -2.34. The van der Waals surface area contributed by atoms with Crippen LogP contribution < -0.4 is 0 Å². The SMILES string of the molecule is CCn1nc(C)c(Br)c1CC(O)COCC(F)(F)C(F)F. The highest BCUT2D eigenvalue weighted by atomic mass is 79.9. The number of hydrogen-bond donors (Lipinski definition) is 1. The second-order valence-electron chi connectivity index (χ2n) is 4.60. The molecule has 0 bridgehead atoms. The van der Waals surface area contributed by atoms with E-state index in [0.29, 0.717) is 12.2 Å². The minimum atomic E-state index is -4.21. The van der Waals surface area contributed by atoms with E-state index in [9.17, 15) is 22.7 Å². The maximum atomic E-state index is 12.6. The minimum absolute atomic E-state index is 0.121. The molecule has 0 aliphatic rings. The number of aromatic nitrogens is 2. The van der Waals surface area contributed by atoms with Gasteiger partial charge >= 0.3 is 12.3 Å². The van der Waals surface area contributed by atoms with Crippen molar-refractivity contribution in [2.45, 2.75) is 45.3 Å². The van der Waals surface area contributed by atoms with Crippen LogP contribution >= 0.6 is 15.9 Å². The number of ether oxygens (including phenoxy) is 1. The molecule has 0 fully saturated rings. The van der Waals surface area contributed by atoms with Gasteiger partial charge in [-0.25, -0.2) is 8.78 Å². The van der Waals surface area contributed by atoms with Crippen LogP contribution in [-0.2, 0) is 17.7 Å². The fraction of sp³-hybridized carbons (Fsp3) is 0.750. The predicted octanol–water partition coefficient (Wildman–Crippen LogP) is 2.79. The van der Waals surface area contributed by atoms with Crippen molar-refractivity contribution in [3.63, 3.8) is 0 Å². The van der Waals surface area contributed by atoms with E-state index in [4.69, 9.17) is 0 Å². The summed E-state index contributed by atoms with van der Waals surface area (Å²) in [4.78, 5) is 0. The summed E-state index contributed by atoms with van der Waals surface area (Å²) < 4.78 is 56.0. The summed E-state index contributed by atoms with van der Waals surface area (Å²) in [6, 6.07) is 0. The van der Waals surface area contributed by atoms with Gasteiger partial charge in [-0.3, -0.25) is 4.68 Å². The lowest BCUT2D eigenvalue weighted by atomic mass is 10.2. The van der Waals surface area contributed by atoms with E-state index in [1.807, 2.05) is 6.92 Å². The van der Waals surface area contributed by atoms with Crippen molar-refractivity contribution in [2.24, 2.45) is 0 Å². The molecule has 1 unspecified atom stereocenters. The predicted molar refractivity (Wildman–Crippen MR) is 71.8 cm³/mol. The number of hydrogen-bond acceptors (Lipinski definition) is 3. The molecule has 4 nitrogen and oxygen atoms in total. The van der Waals surface area contributed by atoms with Crippen molar-refractivity contribution in [2.75, 3.05) is 13.2 Å². The lowest BCUT2D eigenvalue weighted by molar-refractivity contribution is -0.170. The number of alkyl halides is 4. The average Bonchev–Trinajstić information content (AvgIpc) is 2.66. The van der Waals surface area contributed by atoms with Crippen molar-refractivity contribution in [3.8, 4) is 0 Å². The van der Waals surface area contributed by atoms with Gasteiger partial charge in [-0.2, -0.15) is 13.9 Å². The smallest absolute Gasteiger partial charge is 0.330 e. The molecule has 0 radical (unpaired) electrons. The summed E-state index contributed by atoms with van der Waals surface area (Å²) in [5.41, 5.74) is 1.44. The van der Waals surface area contributed by atoms with E-state index < -0.39 is 31.7 Å². The lowest BCUT2D eigenvalue weighted by Gasteiger charge is -2.17. The Hall–Kier alpha value is -0.670. The zero-order valence-corrected chi connectivity index (χ0v) is 13.2. The zero-order valence-electron chi connectivity index (χ0n) is 11.6. The van der Waals surface area contributed by atoms with Gasteiger partial charge in [0.2, 0.25) is 0 Å². The van der Waals surface area contributed by atoms with Gasteiger partial charge in [0.05, 0.1) is 28.6 Å². The van der Waals surface area contributed by atoms with Gasteiger partial charge < -0.3 is 9.84 Å². The van der Waals surface area contributed by atoms with E-state index >= 15 is 0 Å². The highest BCUT2D eigenvalue weighted by Crippen LogP contribution is 2.24. The van der Waals surface area contributed by atoms with Crippen LogP contribution in [0.3, 0.4) is 0 Å². The van der Waals surface area contributed by atoms with Crippen molar-refractivity contribution >= 4 is 15.9 Å². The standard InChI is InChI=1S/C12H17BrF4N2O2/c1-3-19-9(10(13)7(2)18-19)4-8(20)5-21-6-12(16,17)11(14)15/h8,11,20H,3-6H2,1-2H3. The van der Waals surface area contributed by atoms with Gasteiger partial charge in [-0.15, -0.1) is 0 Å². The summed E-state index contributed by atoms with van der Waals surface area (Å²) in [5.74, 6) is -4.21. The third-order valence-corrected chi connectivity index (χ3v) is 3.84. The number of aliphatic hydroxyl groups excluding tert-OH is 1. The molecule has 21 heavy (non-hydrogen) atoms. The quantitative estimate of drug-likeness (QED) is 0.709. The van der Waals surface area contributed by atoms with Gasteiger partial charge in [0, 0.05) is 13.0 Å². The third kappa shape index (κ3) is 4.93. The van der Waals surface area contributed by atoms with Crippen molar-refractivity contribution < 1.29 is 27.4 Å². The number of aliphatic hydroxyl groups is 1. The number of rotatable bonds is 8. The number of nitrogens with zero attached hydrogens (tertiary/aromatic N) is 2. The Morgan fingerprint density at radius 2 is 2.05 bits per heavy atom. The largest absolute Gasteiger partial charge is 0.390 e. The Morgan fingerprint density at radius 1 is 1.43 bits per heavy atom. The van der Waals surface area contributed by atoms with E-state index in [1.165, 1.54) is 0 Å². The first-order valence-corrected chi connectivity index (χ1v) is 7.11.